The van der Waals surface area contributed by atoms with Crippen molar-refractivity contribution in [3.8, 4) is 0 Å². The summed E-state index contributed by atoms with van der Waals surface area (Å²) in [5.41, 5.74) is 0. The van der Waals surface area contributed by atoms with E-state index >= 15 is 0 Å². The van der Waals surface area contributed by atoms with E-state index in [1.54, 1.807) is 0 Å². The predicted octanol–water partition coefficient (Wildman–Crippen LogP) is 5.07. The average Bonchev–Trinajstić information content (AvgIpc) is 2.45. The van der Waals surface area contributed by atoms with E-state index in [-0.39, 0.29) is 11.8 Å². The third-order valence-corrected chi connectivity index (χ3v) is 3.86. The molecule has 3 nitrogen and oxygen atoms in total. The summed E-state index contributed by atoms with van der Waals surface area (Å²) < 4.78 is 5.25. The van der Waals surface area contributed by atoms with Crippen LogP contribution in [-0.4, -0.2) is 18.4 Å². The summed E-state index contributed by atoms with van der Waals surface area (Å²) in [5.74, 6) is -0.906. The van der Waals surface area contributed by atoms with E-state index in [0.717, 1.165) is 25.7 Å². The Balaban J connectivity index is 3.83. The van der Waals surface area contributed by atoms with Crippen LogP contribution in [0.25, 0.3) is 0 Å². The van der Waals surface area contributed by atoms with Gasteiger partial charge in [-0.25, -0.2) is 0 Å². The Morgan fingerprint density at radius 1 is 0.810 bits per heavy atom. The van der Waals surface area contributed by atoms with Gasteiger partial charge >= 0.3 is 5.97 Å². The largest absolute Gasteiger partial charge is 0.465 e. The van der Waals surface area contributed by atoms with Crippen LogP contribution in [0.1, 0.15) is 91.4 Å². The lowest BCUT2D eigenvalue weighted by Gasteiger charge is -2.13. The standard InChI is InChI=1S/C18H34O3/c1-4-6-8-10-11-12-14-17(16(3)19)18(20)21-15-13-9-7-5-2/h17H,4-15H2,1-3H3. The highest BCUT2D eigenvalue weighted by atomic mass is 16.5. The second-order valence-electron chi connectivity index (χ2n) is 5.95. The lowest BCUT2D eigenvalue weighted by molar-refractivity contribution is -0.152. The number of ether oxygens (including phenoxy) is 1. The van der Waals surface area contributed by atoms with Crippen molar-refractivity contribution in [2.75, 3.05) is 6.61 Å². The number of Topliss-reactive ketones (excluding diaryl/α,β-unsaturated/α-hetero) is 1. The number of unbranched alkanes of at least 4 members (excludes halogenated alkanes) is 8. The molecule has 0 fully saturated rings. The van der Waals surface area contributed by atoms with E-state index in [2.05, 4.69) is 13.8 Å². The number of carbonyl (C=O) groups is 2. The van der Waals surface area contributed by atoms with E-state index in [9.17, 15) is 9.59 Å². The fraction of sp³-hybridized carbons (Fsp3) is 0.889. The summed E-state index contributed by atoms with van der Waals surface area (Å²) in [5, 5.41) is 0. The first-order chi connectivity index (χ1) is 10.1. The third-order valence-electron chi connectivity index (χ3n) is 3.86. The van der Waals surface area contributed by atoms with Gasteiger partial charge in [-0.2, -0.15) is 0 Å². The normalized spacial score (nSPS) is 12.1. The molecule has 0 heterocycles. The van der Waals surface area contributed by atoms with Crippen molar-refractivity contribution in [1.29, 1.82) is 0 Å². The van der Waals surface area contributed by atoms with Crippen molar-refractivity contribution >= 4 is 11.8 Å². The van der Waals surface area contributed by atoms with Gasteiger partial charge in [-0.05, 0) is 19.8 Å². The van der Waals surface area contributed by atoms with Gasteiger partial charge in [0.05, 0.1) is 6.61 Å². The molecule has 0 aromatic carbocycles. The average molecular weight is 298 g/mol. The van der Waals surface area contributed by atoms with Crippen molar-refractivity contribution in [3.05, 3.63) is 0 Å². The highest BCUT2D eigenvalue weighted by Gasteiger charge is 2.24. The zero-order valence-electron chi connectivity index (χ0n) is 14.3. The number of hydrogen-bond donors (Lipinski definition) is 0. The van der Waals surface area contributed by atoms with Crippen molar-refractivity contribution < 1.29 is 14.3 Å². The number of carbonyl (C=O) groups excluding carboxylic acids is 2. The summed E-state index contributed by atoms with van der Waals surface area (Å²) in [7, 11) is 0. The van der Waals surface area contributed by atoms with Crippen LogP contribution in [-0.2, 0) is 14.3 Å². The molecule has 1 atom stereocenters. The van der Waals surface area contributed by atoms with Gasteiger partial charge in [0, 0.05) is 0 Å². The molecule has 21 heavy (non-hydrogen) atoms. The van der Waals surface area contributed by atoms with Crippen LogP contribution in [0.15, 0.2) is 0 Å². The second kappa shape index (κ2) is 14.1. The molecule has 0 amide bonds. The molecule has 0 aliphatic carbocycles. The molecule has 0 aromatic heterocycles. The summed E-state index contributed by atoms with van der Waals surface area (Å²) in [6.07, 6.45) is 12.0. The van der Waals surface area contributed by atoms with Crippen molar-refractivity contribution in [3.63, 3.8) is 0 Å². The molecular weight excluding hydrogens is 264 g/mol. The Kier molecular flexibility index (Phi) is 13.5. The molecule has 0 rings (SSSR count). The van der Waals surface area contributed by atoms with Crippen LogP contribution >= 0.6 is 0 Å². The molecule has 124 valence electrons. The van der Waals surface area contributed by atoms with Gasteiger partial charge in [0.1, 0.15) is 11.7 Å². The van der Waals surface area contributed by atoms with E-state index in [1.165, 1.54) is 45.4 Å². The fourth-order valence-electron chi connectivity index (χ4n) is 2.42. The van der Waals surface area contributed by atoms with Gasteiger partial charge in [-0.15, -0.1) is 0 Å². The number of rotatable bonds is 14. The van der Waals surface area contributed by atoms with Gasteiger partial charge in [0.25, 0.3) is 0 Å². The highest BCUT2D eigenvalue weighted by Crippen LogP contribution is 2.15. The Labute approximate surface area is 130 Å². The van der Waals surface area contributed by atoms with Gasteiger partial charge in [0.15, 0.2) is 0 Å². The van der Waals surface area contributed by atoms with E-state index in [0.29, 0.717) is 13.0 Å². The zero-order valence-corrected chi connectivity index (χ0v) is 14.3. The third kappa shape index (κ3) is 11.5. The van der Waals surface area contributed by atoms with E-state index in [1.807, 2.05) is 0 Å². The molecular formula is C18H34O3. The summed E-state index contributed by atoms with van der Waals surface area (Å²) in [4.78, 5) is 23.5. The predicted molar refractivity (Wildman–Crippen MR) is 87.3 cm³/mol. The molecule has 0 aliphatic heterocycles. The summed E-state index contributed by atoms with van der Waals surface area (Å²) in [6, 6.07) is 0. The molecule has 0 saturated heterocycles. The molecule has 0 N–H and O–H groups in total. The minimum absolute atomic E-state index is 0.0536. The minimum Gasteiger partial charge on any atom is -0.465 e. The molecule has 0 radical (unpaired) electrons. The molecule has 0 aromatic rings. The number of esters is 1. The zero-order chi connectivity index (χ0) is 15.9. The maximum Gasteiger partial charge on any atom is 0.316 e. The van der Waals surface area contributed by atoms with Gasteiger partial charge in [-0.3, -0.25) is 9.59 Å². The number of ketones is 1. The SMILES string of the molecule is CCCCCCCCC(C(C)=O)C(=O)OCCCCCC. The van der Waals surface area contributed by atoms with Crippen molar-refractivity contribution in [1.82, 2.24) is 0 Å². The van der Waals surface area contributed by atoms with Gasteiger partial charge in [-0.1, -0.05) is 71.6 Å². The quantitative estimate of drug-likeness (QED) is 0.255. The van der Waals surface area contributed by atoms with Gasteiger partial charge < -0.3 is 4.74 Å². The molecule has 0 spiro atoms. The second-order valence-corrected chi connectivity index (χ2v) is 5.95. The van der Waals surface area contributed by atoms with Gasteiger partial charge in [0.2, 0.25) is 0 Å². The maximum atomic E-state index is 11.9. The summed E-state index contributed by atoms with van der Waals surface area (Å²) >= 11 is 0. The fourth-order valence-corrected chi connectivity index (χ4v) is 2.42. The van der Waals surface area contributed by atoms with E-state index in [4.69, 9.17) is 4.74 Å². The lowest BCUT2D eigenvalue weighted by atomic mass is 9.97. The molecule has 0 saturated carbocycles. The van der Waals surface area contributed by atoms with Crippen molar-refractivity contribution in [2.45, 2.75) is 91.4 Å². The first kappa shape index (κ1) is 20.1. The Hall–Kier alpha value is -0.860. The van der Waals surface area contributed by atoms with Crippen LogP contribution < -0.4 is 0 Å². The first-order valence-electron chi connectivity index (χ1n) is 8.80. The van der Waals surface area contributed by atoms with Crippen LogP contribution in [0, 0.1) is 5.92 Å². The Morgan fingerprint density at radius 3 is 1.90 bits per heavy atom. The maximum absolute atomic E-state index is 11.9. The van der Waals surface area contributed by atoms with Crippen LogP contribution in [0.4, 0.5) is 0 Å². The van der Waals surface area contributed by atoms with Crippen molar-refractivity contribution in [2.24, 2.45) is 5.92 Å². The minimum atomic E-state index is -0.539. The van der Waals surface area contributed by atoms with Crippen LogP contribution in [0.3, 0.4) is 0 Å². The highest BCUT2D eigenvalue weighted by molar-refractivity contribution is 5.97. The molecule has 1 unspecified atom stereocenters. The molecule has 0 bridgehead atoms. The van der Waals surface area contributed by atoms with E-state index < -0.39 is 5.92 Å². The smallest absolute Gasteiger partial charge is 0.316 e. The van der Waals surface area contributed by atoms with Crippen LogP contribution in [0.2, 0.25) is 0 Å². The molecule has 3 heteroatoms. The molecule has 0 aliphatic rings. The van der Waals surface area contributed by atoms with Crippen LogP contribution in [0.5, 0.6) is 0 Å². The number of hydrogen-bond acceptors (Lipinski definition) is 3. The Bertz CT molecular complexity index is 274. The summed E-state index contributed by atoms with van der Waals surface area (Å²) in [6.45, 7) is 6.31. The Morgan fingerprint density at radius 2 is 1.33 bits per heavy atom. The monoisotopic (exact) mass is 298 g/mol. The first-order valence-corrected chi connectivity index (χ1v) is 8.80. The topological polar surface area (TPSA) is 43.4 Å². The lowest BCUT2D eigenvalue weighted by Crippen LogP contribution is -2.24.